The van der Waals surface area contributed by atoms with Crippen molar-refractivity contribution in [3.8, 4) is 0 Å². The molecule has 3 N–H and O–H groups in total. The van der Waals surface area contributed by atoms with E-state index in [0.717, 1.165) is 19.2 Å². The molecular formula is C24H34FN3O6. The highest BCUT2D eigenvalue weighted by Gasteiger charge is 2.46. The molecule has 0 bridgehead atoms. The maximum Gasteiger partial charge on any atom is 0.410 e. The summed E-state index contributed by atoms with van der Waals surface area (Å²) in [5.41, 5.74) is -1.06. The van der Waals surface area contributed by atoms with Gasteiger partial charge < -0.3 is 30.1 Å². The number of carbonyl (C=O) groups excluding carboxylic acids is 1. The molecule has 0 spiro atoms. The number of nitrogens with one attached hydrogen (secondary N) is 1. The fourth-order valence-electron chi connectivity index (χ4n) is 4.96. The van der Waals surface area contributed by atoms with E-state index in [4.69, 9.17) is 4.74 Å². The van der Waals surface area contributed by atoms with Crippen molar-refractivity contribution in [2.75, 3.05) is 31.1 Å². The second-order valence-corrected chi connectivity index (χ2v) is 10.3. The van der Waals surface area contributed by atoms with Gasteiger partial charge >= 0.3 is 18.0 Å². The first-order valence-corrected chi connectivity index (χ1v) is 11.6. The third kappa shape index (κ3) is 5.60. The quantitative estimate of drug-likeness (QED) is 0.533. The van der Waals surface area contributed by atoms with Gasteiger partial charge in [-0.1, -0.05) is 6.07 Å². The minimum Gasteiger partial charge on any atom is -0.480 e. The molecule has 2 aliphatic rings. The predicted molar refractivity (Wildman–Crippen MR) is 124 cm³/mol. The number of ether oxygens (including phenoxy) is 1. The molecule has 1 atom stereocenters. The number of hydrogen-bond donors (Lipinski definition) is 3. The highest BCUT2D eigenvalue weighted by molar-refractivity contribution is 6.00. The fraction of sp³-hybridized carbons (Fsp3) is 0.625. The molecule has 3 rings (SSSR count). The molecule has 1 aromatic rings. The van der Waals surface area contributed by atoms with Crippen molar-refractivity contribution in [2.45, 2.75) is 70.1 Å². The Balaban J connectivity index is 2.07. The van der Waals surface area contributed by atoms with E-state index >= 15 is 0 Å². The number of nitrogens with zero attached hydrogens (tertiary/aromatic N) is 2. The zero-order valence-corrected chi connectivity index (χ0v) is 20.1. The Morgan fingerprint density at radius 2 is 1.82 bits per heavy atom. The van der Waals surface area contributed by atoms with E-state index in [2.05, 4.69) is 5.32 Å². The summed E-state index contributed by atoms with van der Waals surface area (Å²) in [7, 11) is 0. The highest BCUT2D eigenvalue weighted by Crippen LogP contribution is 2.41. The summed E-state index contributed by atoms with van der Waals surface area (Å²) >= 11 is 0. The summed E-state index contributed by atoms with van der Waals surface area (Å²) in [5.74, 6) is -5.46. The minimum absolute atomic E-state index is 0.0249. The van der Waals surface area contributed by atoms with Crippen molar-refractivity contribution in [2.24, 2.45) is 0 Å². The first-order valence-electron chi connectivity index (χ1n) is 11.6. The van der Waals surface area contributed by atoms with Crippen LogP contribution in [-0.2, 0) is 14.3 Å². The third-order valence-electron chi connectivity index (χ3n) is 6.42. The normalized spacial score (nSPS) is 21.5. The zero-order valence-electron chi connectivity index (χ0n) is 20.1. The van der Waals surface area contributed by atoms with E-state index in [1.54, 1.807) is 25.7 Å². The van der Waals surface area contributed by atoms with Crippen LogP contribution in [0.2, 0.25) is 0 Å². The van der Waals surface area contributed by atoms with Crippen LogP contribution < -0.4 is 10.2 Å². The number of halogens is 1. The standard InChI is InChI=1S/C24H34FN3O6/c1-23(2,3)34-22(33)27-12-9-24(4,14-27)28(16-7-10-26-11-8-16)18-13-15(25)5-6-17(18)19(20(29)30)21(31)32/h5-6,13,16,19,26H,7-12,14H2,1-4H3,(H,29,30)(H,31,32). The number of aliphatic carboxylic acids is 2. The average Bonchev–Trinajstić information content (AvgIpc) is 3.12. The van der Waals surface area contributed by atoms with Crippen molar-refractivity contribution in [3.63, 3.8) is 0 Å². The summed E-state index contributed by atoms with van der Waals surface area (Å²) in [5, 5.41) is 22.6. The number of likely N-dealkylation sites (tertiary alicyclic amines) is 1. The van der Waals surface area contributed by atoms with Crippen LogP contribution in [-0.4, -0.2) is 76.5 Å². The Labute approximate surface area is 198 Å². The molecule has 0 aliphatic carbocycles. The molecule has 2 aliphatic heterocycles. The van der Waals surface area contributed by atoms with Gasteiger partial charge in [0.15, 0.2) is 5.92 Å². The molecule has 2 fully saturated rings. The largest absolute Gasteiger partial charge is 0.480 e. The Morgan fingerprint density at radius 3 is 2.38 bits per heavy atom. The first-order chi connectivity index (χ1) is 15.8. The first kappa shape index (κ1) is 25.7. The summed E-state index contributed by atoms with van der Waals surface area (Å²) in [6.07, 6.45) is 1.51. The Morgan fingerprint density at radius 1 is 1.21 bits per heavy atom. The number of hydrogen-bond acceptors (Lipinski definition) is 6. The van der Waals surface area contributed by atoms with Gasteiger partial charge in [0.1, 0.15) is 11.4 Å². The van der Waals surface area contributed by atoms with Gasteiger partial charge in [-0.25, -0.2) is 9.18 Å². The van der Waals surface area contributed by atoms with Crippen LogP contribution in [0.5, 0.6) is 0 Å². The molecule has 2 saturated heterocycles. The molecule has 0 saturated carbocycles. The summed E-state index contributed by atoms with van der Waals surface area (Å²) in [4.78, 5) is 40.1. The van der Waals surface area contributed by atoms with Gasteiger partial charge in [0.25, 0.3) is 0 Å². The van der Waals surface area contributed by atoms with Gasteiger partial charge in [0, 0.05) is 30.4 Å². The fourth-order valence-corrected chi connectivity index (χ4v) is 4.96. The zero-order chi connectivity index (χ0) is 25.3. The predicted octanol–water partition coefficient (Wildman–Crippen LogP) is 3.04. The van der Waals surface area contributed by atoms with Crippen LogP contribution in [0.1, 0.15) is 58.4 Å². The van der Waals surface area contributed by atoms with Crippen molar-refractivity contribution in [1.82, 2.24) is 10.2 Å². The van der Waals surface area contributed by atoms with Crippen LogP contribution in [0.3, 0.4) is 0 Å². The average molecular weight is 480 g/mol. The maximum absolute atomic E-state index is 14.5. The second kappa shape index (κ2) is 9.77. The van der Waals surface area contributed by atoms with Crippen molar-refractivity contribution in [3.05, 3.63) is 29.6 Å². The number of rotatable bonds is 6. The smallest absolute Gasteiger partial charge is 0.410 e. The maximum atomic E-state index is 14.5. The molecule has 9 nitrogen and oxygen atoms in total. The lowest BCUT2D eigenvalue weighted by Crippen LogP contribution is -2.57. The van der Waals surface area contributed by atoms with Crippen LogP contribution in [0.4, 0.5) is 14.9 Å². The van der Waals surface area contributed by atoms with E-state index in [-0.39, 0.29) is 23.8 Å². The number of carboxylic acid groups (broad SMARTS) is 2. The molecule has 0 aromatic heterocycles. The van der Waals surface area contributed by atoms with Crippen LogP contribution in [0, 0.1) is 5.82 Å². The summed E-state index contributed by atoms with van der Waals surface area (Å²) in [6, 6.07) is 3.46. The molecule has 1 unspecified atom stereocenters. The van der Waals surface area contributed by atoms with Crippen molar-refractivity contribution in [1.29, 1.82) is 0 Å². The van der Waals surface area contributed by atoms with Crippen molar-refractivity contribution < 1.29 is 33.7 Å². The van der Waals surface area contributed by atoms with E-state index in [1.165, 1.54) is 12.1 Å². The summed E-state index contributed by atoms with van der Waals surface area (Å²) in [6.45, 7) is 9.46. The lowest BCUT2D eigenvalue weighted by Gasteiger charge is -2.48. The van der Waals surface area contributed by atoms with Crippen LogP contribution in [0.15, 0.2) is 18.2 Å². The number of carbonyl (C=O) groups is 3. The molecule has 0 radical (unpaired) electrons. The van der Waals surface area contributed by atoms with E-state index in [1.807, 2.05) is 11.8 Å². The Bertz CT molecular complexity index is 929. The Kier molecular flexibility index (Phi) is 7.40. The number of amides is 1. The minimum atomic E-state index is -1.84. The molecular weight excluding hydrogens is 445 g/mol. The van der Waals surface area contributed by atoms with Gasteiger partial charge in [-0.3, -0.25) is 9.59 Å². The van der Waals surface area contributed by atoms with Gasteiger partial charge in [-0.15, -0.1) is 0 Å². The molecule has 1 aromatic carbocycles. The lowest BCUT2D eigenvalue weighted by atomic mass is 9.88. The van der Waals surface area contributed by atoms with E-state index < -0.39 is 40.9 Å². The number of carboxylic acids is 2. The molecule has 188 valence electrons. The van der Waals surface area contributed by atoms with Crippen molar-refractivity contribution >= 4 is 23.7 Å². The van der Waals surface area contributed by atoms with Crippen LogP contribution >= 0.6 is 0 Å². The molecule has 10 heteroatoms. The van der Waals surface area contributed by atoms with Gasteiger partial charge in [0.2, 0.25) is 0 Å². The second-order valence-electron chi connectivity index (χ2n) is 10.3. The molecule has 2 heterocycles. The molecule has 34 heavy (non-hydrogen) atoms. The van der Waals surface area contributed by atoms with Gasteiger partial charge in [-0.05, 0) is 72.2 Å². The van der Waals surface area contributed by atoms with Gasteiger partial charge in [0.05, 0.1) is 5.54 Å². The van der Waals surface area contributed by atoms with Gasteiger partial charge in [-0.2, -0.15) is 0 Å². The monoisotopic (exact) mass is 479 g/mol. The number of piperidine rings is 1. The number of anilines is 1. The van der Waals surface area contributed by atoms with E-state index in [0.29, 0.717) is 25.8 Å². The number of benzene rings is 1. The van der Waals surface area contributed by atoms with Crippen LogP contribution in [0.25, 0.3) is 0 Å². The highest BCUT2D eigenvalue weighted by atomic mass is 19.1. The summed E-state index contributed by atoms with van der Waals surface area (Å²) < 4.78 is 20.1. The third-order valence-corrected chi connectivity index (χ3v) is 6.42. The topological polar surface area (TPSA) is 119 Å². The Hall–Kier alpha value is -2.88. The van der Waals surface area contributed by atoms with E-state index in [9.17, 15) is 29.0 Å². The lowest BCUT2D eigenvalue weighted by molar-refractivity contribution is -0.150. The SMILES string of the molecule is CC(C)(C)OC(=O)N1CCC(C)(N(c2cc(F)ccc2C(C(=O)O)C(=O)O)C2CCNCC2)C1. The molecule has 1 amide bonds.